The number of nitrogens with one attached hydrogen (secondary N) is 1. The molecule has 1 N–H and O–H groups in total. The highest BCUT2D eigenvalue weighted by atomic mass is 32.2. The Kier molecular flexibility index (Phi) is 6.18. The summed E-state index contributed by atoms with van der Waals surface area (Å²) in [5, 5.41) is 7.68. The molecule has 2 aliphatic heterocycles. The monoisotopic (exact) mass is 382 g/mol. The first-order valence-corrected chi connectivity index (χ1v) is 11.2. The summed E-state index contributed by atoms with van der Waals surface area (Å²) in [6, 6.07) is 0. The van der Waals surface area contributed by atoms with Crippen LogP contribution in [0.5, 0.6) is 0 Å². The van der Waals surface area contributed by atoms with Crippen LogP contribution in [0.15, 0.2) is 17.4 Å². The van der Waals surface area contributed by atoms with E-state index < -0.39 is 9.84 Å². The molecule has 26 heavy (non-hydrogen) atoms. The fourth-order valence-corrected chi connectivity index (χ4v) is 4.85. The Morgan fingerprint density at radius 3 is 2.77 bits per heavy atom. The molecule has 1 aromatic rings. The molecule has 0 bridgehead atoms. The Bertz CT molecular complexity index is 715. The lowest BCUT2D eigenvalue weighted by atomic mass is 10.0. The lowest BCUT2D eigenvalue weighted by Gasteiger charge is -2.26. The average molecular weight is 383 g/mol. The molecule has 2 fully saturated rings. The van der Waals surface area contributed by atoms with Crippen LogP contribution in [-0.4, -0.2) is 91.3 Å². The van der Waals surface area contributed by atoms with E-state index in [1.54, 1.807) is 0 Å². The van der Waals surface area contributed by atoms with Crippen LogP contribution >= 0.6 is 0 Å². The maximum Gasteiger partial charge on any atom is 0.193 e. The van der Waals surface area contributed by atoms with Gasteiger partial charge in [0, 0.05) is 58.4 Å². The normalized spacial score (nSPS) is 24.2. The minimum Gasteiger partial charge on any atom is -0.357 e. The average Bonchev–Trinajstić information content (AvgIpc) is 3.24. The second kappa shape index (κ2) is 8.39. The highest BCUT2D eigenvalue weighted by molar-refractivity contribution is 7.91. The first-order valence-electron chi connectivity index (χ1n) is 9.41. The molecule has 0 aromatic carbocycles. The predicted octanol–water partition coefficient (Wildman–Crippen LogP) is -0.0947. The third kappa shape index (κ3) is 4.97. The van der Waals surface area contributed by atoms with Gasteiger partial charge in [0.05, 0.1) is 24.2 Å². The van der Waals surface area contributed by atoms with Gasteiger partial charge in [-0.3, -0.25) is 14.6 Å². The maximum atomic E-state index is 11.5. The Morgan fingerprint density at radius 2 is 2.12 bits per heavy atom. The molecular formula is C17H30N6O2S. The van der Waals surface area contributed by atoms with Gasteiger partial charge in [0.2, 0.25) is 0 Å². The Balaban J connectivity index is 1.52. The van der Waals surface area contributed by atoms with Crippen molar-refractivity contribution in [1.82, 2.24) is 24.9 Å². The van der Waals surface area contributed by atoms with Gasteiger partial charge in [0.1, 0.15) is 0 Å². The molecule has 0 spiro atoms. The molecule has 0 radical (unpaired) electrons. The molecule has 8 nitrogen and oxygen atoms in total. The summed E-state index contributed by atoms with van der Waals surface area (Å²) in [7, 11) is -0.862. The van der Waals surface area contributed by atoms with Crippen molar-refractivity contribution in [2.24, 2.45) is 12.0 Å². The topological polar surface area (TPSA) is 82.8 Å². The molecule has 1 atom stereocenters. The summed E-state index contributed by atoms with van der Waals surface area (Å²) in [6.07, 6.45) is 5.17. The number of hydrogen-bond donors (Lipinski definition) is 1. The van der Waals surface area contributed by atoms with E-state index >= 15 is 0 Å². The van der Waals surface area contributed by atoms with Crippen LogP contribution in [0, 0.1) is 0 Å². The van der Waals surface area contributed by atoms with E-state index in [1.165, 1.54) is 5.56 Å². The van der Waals surface area contributed by atoms with Crippen molar-refractivity contribution in [2.45, 2.75) is 19.3 Å². The van der Waals surface area contributed by atoms with E-state index in [2.05, 4.69) is 33.3 Å². The minimum absolute atomic E-state index is 0.274. The van der Waals surface area contributed by atoms with E-state index in [4.69, 9.17) is 4.99 Å². The number of likely N-dealkylation sites (tertiary alicyclic amines) is 1. The van der Waals surface area contributed by atoms with Gasteiger partial charge >= 0.3 is 0 Å². The smallest absolute Gasteiger partial charge is 0.193 e. The molecule has 1 aromatic heterocycles. The molecule has 0 saturated carbocycles. The fourth-order valence-electron chi connectivity index (χ4n) is 3.57. The molecule has 9 heteroatoms. The summed E-state index contributed by atoms with van der Waals surface area (Å²) < 4.78 is 24.9. The van der Waals surface area contributed by atoms with E-state index in [0.29, 0.717) is 25.6 Å². The summed E-state index contributed by atoms with van der Waals surface area (Å²) in [5.41, 5.74) is 1.29. The predicted molar refractivity (Wildman–Crippen MR) is 103 cm³/mol. The van der Waals surface area contributed by atoms with Crippen LogP contribution in [0.2, 0.25) is 0 Å². The molecule has 0 aliphatic carbocycles. The van der Waals surface area contributed by atoms with Gasteiger partial charge in [-0.15, -0.1) is 0 Å². The highest BCUT2D eigenvalue weighted by Crippen LogP contribution is 2.26. The molecular weight excluding hydrogens is 352 g/mol. The van der Waals surface area contributed by atoms with Crippen molar-refractivity contribution < 1.29 is 8.42 Å². The van der Waals surface area contributed by atoms with E-state index in [0.717, 1.165) is 38.6 Å². The Labute approximate surface area is 156 Å². The zero-order valence-corrected chi connectivity index (χ0v) is 16.6. The number of guanidine groups is 1. The number of rotatable bonds is 5. The fraction of sp³-hybridized carbons (Fsp3) is 0.765. The van der Waals surface area contributed by atoms with Gasteiger partial charge in [-0.25, -0.2) is 8.42 Å². The van der Waals surface area contributed by atoms with Crippen molar-refractivity contribution in [2.75, 3.05) is 57.3 Å². The zero-order valence-electron chi connectivity index (χ0n) is 15.8. The van der Waals surface area contributed by atoms with Gasteiger partial charge in [-0.2, -0.15) is 5.10 Å². The van der Waals surface area contributed by atoms with Gasteiger partial charge in [0.15, 0.2) is 15.8 Å². The van der Waals surface area contributed by atoms with Gasteiger partial charge in [-0.05, 0) is 18.9 Å². The molecule has 3 rings (SSSR count). The molecule has 2 aliphatic rings. The summed E-state index contributed by atoms with van der Waals surface area (Å²) in [5.74, 6) is 2.01. The van der Waals surface area contributed by atoms with Gasteiger partial charge in [0.25, 0.3) is 0 Å². The molecule has 3 heterocycles. The van der Waals surface area contributed by atoms with Crippen molar-refractivity contribution in [3.63, 3.8) is 0 Å². The number of sulfone groups is 1. The number of hydrogen-bond acceptors (Lipinski definition) is 5. The quantitative estimate of drug-likeness (QED) is 0.566. The minimum atomic E-state index is -2.81. The Hall–Kier alpha value is -1.61. The van der Waals surface area contributed by atoms with Gasteiger partial charge in [-0.1, -0.05) is 0 Å². The van der Waals surface area contributed by atoms with Crippen LogP contribution < -0.4 is 5.32 Å². The van der Waals surface area contributed by atoms with Crippen LogP contribution in [0.4, 0.5) is 0 Å². The third-order valence-corrected chi connectivity index (χ3v) is 6.74. The molecule has 2 saturated heterocycles. The first kappa shape index (κ1) is 19.2. The summed E-state index contributed by atoms with van der Waals surface area (Å²) in [4.78, 5) is 9.29. The maximum absolute atomic E-state index is 11.5. The first-order chi connectivity index (χ1) is 12.5. The lowest BCUT2D eigenvalue weighted by Crippen LogP contribution is -2.43. The van der Waals surface area contributed by atoms with Crippen LogP contribution in [0.25, 0.3) is 0 Å². The van der Waals surface area contributed by atoms with E-state index in [-0.39, 0.29) is 11.5 Å². The lowest BCUT2D eigenvalue weighted by molar-refractivity contribution is 0.303. The van der Waals surface area contributed by atoms with Crippen molar-refractivity contribution >= 4 is 15.8 Å². The zero-order chi connectivity index (χ0) is 18.6. The van der Waals surface area contributed by atoms with Crippen LogP contribution in [-0.2, 0) is 16.9 Å². The second-order valence-corrected chi connectivity index (χ2v) is 9.41. The summed E-state index contributed by atoms with van der Waals surface area (Å²) in [6.45, 7) is 7.63. The Morgan fingerprint density at radius 1 is 1.35 bits per heavy atom. The standard InChI is InChI=1S/C17H30N6O2S/c1-3-18-17(19-5-7-22-8-10-26(24,25)11-9-22)23-6-4-15(14-23)16-12-20-21(2)13-16/h12-13,15H,3-11,14H2,1-2H3,(H,18,19). The number of aryl methyl sites for hydroxylation is 1. The SMILES string of the molecule is CCNC(=NCCN1CCS(=O)(=O)CC1)N1CCC(c2cnn(C)c2)C1. The van der Waals surface area contributed by atoms with Crippen molar-refractivity contribution in [3.05, 3.63) is 18.0 Å². The molecule has 0 amide bonds. The largest absolute Gasteiger partial charge is 0.357 e. The van der Waals surface area contributed by atoms with Crippen molar-refractivity contribution in [1.29, 1.82) is 0 Å². The second-order valence-electron chi connectivity index (χ2n) is 7.11. The van der Waals surface area contributed by atoms with Crippen LogP contribution in [0.1, 0.15) is 24.8 Å². The van der Waals surface area contributed by atoms with E-state index in [9.17, 15) is 8.42 Å². The summed E-state index contributed by atoms with van der Waals surface area (Å²) >= 11 is 0. The highest BCUT2D eigenvalue weighted by Gasteiger charge is 2.27. The number of aromatic nitrogens is 2. The van der Waals surface area contributed by atoms with Crippen LogP contribution in [0.3, 0.4) is 0 Å². The number of aliphatic imine (C=N–C) groups is 1. The van der Waals surface area contributed by atoms with E-state index in [1.807, 2.05) is 17.9 Å². The molecule has 146 valence electrons. The number of nitrogens with zero attached hydrogens (tertiary/aromatic N) is 5. The van der Waals surface area contributed by atoms with Gasteiger partial charge < -0.3 is 10.2 Å². The molecule has 1 unspecified atom stereocenters. The third-order valence-electron chi connectivity index (χ3n) is 5.13. The van der Waals surface area contributed by atoms with Crippen molar-refractivity contribution in [3.8, 4) is 0 Å².